The Labute approximate surface area is 152 Å². The van der Waals surface area contributed by atoms with Crippen molar-refractivity contribution in [1.29, 1.82) is 0 Å². The van der Waals surface area contributed by atoms with Gasteiger partial charge in [0.25, 0.3) is 0 Å². The summed E-state index contributed by atoms with van der Waals surface area (Å²) in [5.41, 5.74) is 2.71. The fourth-order valence-corrected chi connectivity index (χ4v) is 3.32. The van der Waals surface area contributed by atoms with Gasteiger partial charge in [-0.25, -0.2) is 4.98 Å². The van der Waals surface area contributed by atoms with Crippen LogP contribution in [-0.2, 0) is 0 Å². The van der Waals surface area contributed by atoms with E-state index in [0.717, 1.165) is 16.5 Å². The lowest BCUT2D eigenvalue weighted by Gasteiger charge is -2.02. The average molecular weight is 371 g/mol. The highest BCUT2D eigenvalue weighted by molar-refractivity contribution is 6.38. The van der Waals surface area contributed by atoms with Gasteiger partial charge in [0, 0.05) is 15.8 Å². The largest absolute Gasteiger partial charge is 0.493 e. The predicted octanol–water partition coefficient (Wildman–Crippen LogP) is 6.45. The molecule has 0 aliphatic carbocycles. The molecule has 2 N–H and O–H groups in total. The summed E-state index contributed by atoms with van der Waals surface area (Å²) in [6.07, 6.45) is 0. The fourth-order valence-electron chi connectivity index (χ4n) is 2.78. The highest BCUT2D eigenvalue weighted by atomic mass is 35.5. The number of hydrogen-bond acceptors (Lipinski definition) is 4. The van der Waals surface area contributed by atoms with Crippen LogP contribution in [-0.4, -0.2) is 15.1 Å². The van der Waals surface area contributed by atoms with Crippen LogP contribution in [0, 0.1) is 6.92 Å². The summed E-state index contributed by atoms with van der Waals surface area (Å²) in [6, 6.07) is 12.9. The third-order valence-electron chi connectivity index (χ3n) is 3.94. The number of halogens is 2. The first-order chi connectivity index (χ1) is 12.0. The van der Waals surface area contributed by atoms with E-state index in [1.807, 2.05) is 37.3 Å². The lowest BCUT2D eigenvalue weighted by molar-refractivity contribution is 0.459. The van der Waals surface area contributed by atoms with E-state index < -0.39 is 0 Å². The Bertz CT molecular complexity index is 1150. The second-order valence-electron chi connectivity index (χ2n) is 5.65. The molecule has 25 heavy (non-hydrogen) atoms. The molecule has 4 aromatic rings. The van der Waals surface area contributed by atoms with Gasteiger partial charge in [0.1, 0.15) is 0 Å². The minimum absolute atomic E-state index is 0.125. The Kier molecular flexibility index (Phi) is 3.82. The Morgan fingerprint density at radius 1 is 1.04 bits per heavy atom. The van der Waals surface area contributed by atoms with Crippen molar-refractivity contribution >= 4 is 56.5 Å². The van der Waals surface area contributed by atoms with Gasteiger partial charge in [-0.3, -0.25) is 0 Å². The number of aromatic hydroxyl groups is 1. The SMILES string of the molecule is Cc1cc(N=Nc2c(O)[nH]c3c(Cl)cc(Cl)cc23)nc2ccccc12. The summed E-state index contributed by atoms with van der Waals surface area (Å²) in [5.74, 6) is 0.332. The lowest BCUT2D eigenvalue weighted by Crippen LogP contribution is -1.82. The van der Waals surface area contributed by atoms with Gasteiger partial charge < -0.3 is 10.1 Å². The summed E-state index contributed by atoms with van der Waals surface area (Å²) in [6.45, 7) is 1.99. The molecular weight excluding hydrogens is 359 g/mol. The number of benzene rings is 2. The van der Waals surface area contributed by atoms with Crippen LogP contribution < -0.4 is 0 Å². The zero-order chi connectivity index (χ0) is 17.6. The lowest BCUT2D eigenvalue weighted by atomic mass is 10.1. The fraction of sp³-hybridized carbons (Fsp3) is 0.0556. The maximum absolute atomic E-state index is 10.1. The van der Waals surface area contributed by atoms with E-state index >= 15 is 0 Å². The standard InChI is InChI=1S/C18H12Cl2N4O/c1-9-6-15(21-14-5-3-2-4-11(9)14)23-24-17-12-7-10(19)8-13(20)16(12)22-18(17)25/h2-8,22,25H,1H3. The van der Waals surface area contributed by atoms with Crippen molar-refractivity contribution in [2.45, 2.75) is 6.92 Å². The van der Waals surface area contributed by atoms with Crippen molar-refractivity contribution in [3.05, 3.63) is 58.1 Å². The Hall–Kier alpha value is -2.63. The smallest absolute Gasteiger partial charge is 0.218 e. The number of aromatic nitrogens is 2. The van der Waals surface area contributed by atoms with Gasteiger partial charge in [-0.05, 0) is 36.8 Å². The first-order valence-electron chi connectivity index (χ1n) is 7.51. The van der Waals surface area contributed by atoms with Gasteiger partial charge in [-0.15, -0.1) is 10.2 Å². The minimum Gasteiger partial charge on any atom is -0.493 e. The molecule has 2 heterocycles. The van der Waals surface area contributed by atoms with E-state index in [9.17, 15) is 5.11 Å². The molecule has 0 unspecified atom stereocenters. The van der Waals surface area contributed by atoms with Crippen LogP contribution in [0.15, 0.2) is 52.7 Å². The topological polar surface area (TPSA) is 73.6 Å². The number of hydrogen-bond donors (Lipinski definition) is 2. The molecule has 4 rings (SSSR count). The Balaban J connectivity index is 1.83. The summed E-state index contributed by atoms with van der Waals surface area (Å²) in [4.78, 5) is 7.27. The first-order valence-corrected chi connectivity index (χ1v) is 8.26. The van der Waals surface area contributed by atoms with E-state index in [2.05, 4.69) is 20.2 Å². The number of aromatic amines is 1. The third kappa shape index (κ3) is 2.81. The van der Waals surface area contributed by atoms with E-state index in [0.29, 0.717) is 26.8 Å². The Morgan fingerprint density at radius 3 is 2.68 bits per heavy atom. The molecule has 0 aliphatic heterocycles. The summed E-state index contributed by atoms with van der Waals surface area (Å²) >= 11 is 12.2. The maximum atomic E-state index is 10.1. The van der Waals surface area contributed by atoms with Crippen LogP contribution in [0.25, 0.3) is 21.8 Å². The number of pyridine rings is 1. The predicted molar refractivity (Wildman–Crippen MR) is 101 cm³/mol. The van der Waals surface area contributed by atoms with E-state index in [1.54, 1.807) is 12.1 Å². The number of para-hydroxylation sites is 1. The molecule has 0 bridgehead atoms. The van der Waals surface area contributed by atoms with Crippen LogP contribution in [0.4, 0.5) is 11.5 Å². The van der Waals surface area contributed by atoms with Crippen molar-refractivity contribution in [2.24, 2.45) is 10.2 Å². The van der Waals surface area contributed by atoms with Gasteiger partial charge >= 0.3 is 0 Å². The average Bonchev–Trinajstić information content (AvgIpc) is 2.89. The quantitative estimate of drug-likeness (QED) is 0.397. The molecule has 0 fully saturated rings. The Morgan fingerprint density at radius 2 is 1.84 bits per heavy atom. The third-order valence-corrected chi connectivity index (χ3v) is 4.46. The van der Waals surface area contributed by atoms with Crippen LogP contribution in [0.3, 0.4) is 0 Å². The molecule has 2 aromatic carbocycles. The molecule has 0 atom stereocenters. The van der Waals surface area contributed by atoms with Crippen molar-refractivity contribution in [3.63, 3.8) is 0 Å². The number of nitrogens with one attached hydrogen (secondary N) is 1. The number of azo groups is 1. The number of H-pyrrole nitrogens is 1. The molecule has 0 radical (unpaired) electrons. The number of aryl methyl sites for hydroxylation is 1. The molecular formula is C18H12Cl2N4O. The molecule has 124 valence electrons. The molecule has 5 nitrogen and oxygen atoms in total. The molecule has 0 spiro atoms. The number of nitrogens with zero attached hydrogens (tertiary/aromatic N) is 3. The number of fused-ring (bicyclic) bond motifs is 2. The van der Waals surface area contributed by atoms with Crippen molar-refractivity contribution in [1.82, 2.24) is 9.97 Å². The minimum atomic E-state index is -0.125. The van der Waals surface area contributed by atoms with Crippen LogP contribution in [0.2, 0.25) is 10.0 Å². The first kappa shape index (κ1) is 15.9. The normalized spacial score (nSPS) is 11.8. The van der Waals surface area contributed by atoms with Crippen LogP contribution in [0.5, 0.6) is 5.88 Å². The second-order valence-corrected chi connectivity index (χ2v) is 6.49. The second kappa shape index (κ2) is 6.02. The van der Waals surface area contributed by atoms with Crippen molar-refractivity contribution in [2.75, 3.05) is 0 Å². The van der Waals surface area contributed by atoms with Gasteiger partial charge in [0.2, 0.25) is 5.88 Å². The summed E-state index contributed by atoms with van der Waals surface area (Å²) in [5, 5.41) is 21.0. The molecule has 2 aromatic heterocycles. The van der Waals surface area contributed by atoms with Crippen LogP contribution >= 0.6 is 23.2 Å². The highest BCUT2D eigenvalue weighted by Gasteiger charge is 2.14. The zero-order valence-electron chi connectivity index (χ0n) is 13.1. The van der Waals surface area contributed by atoms with Gasteiger partial charge in [-0.2, -0.15) is 0 Å². The highest BCUT2D eigenvalue weighted by Crippen LogP contribution is 2.40. The summed E-state index contributed by atoms with van der Waals surface area (Å²) < 4.78 is 0. The number of rotatable bonds is 2. The molecule has 0 amide bonds. The van der Waals surface area contributed by atoms with E-state index in [4.69, 9.17) is 23.2 Å². The molecule has 7 heteroatoms. The van der Waals surface area contributed by atoms with Crippen LogP contribution in [0.1, 0.15) is 5.56 Å². The van der Waals surface area contributed by atoms with Gasteiger partial charge in [0.15, 0.2) is 11.5 Å². The molecule has 0 saturated heterocycles. The maximum Gasteiger partial charge on any atom is 0.218 e. The summed E-state index contributed by atoms with van der Waals surface area (Å²) in [7, 11) is 0. The van der Waals surface area contributed by atoms with E-state index in [-0.39, 0.29) is 11.6 Å². The zero-order valence-corrected chi connectivity index (χ0v) is 14.6. The van der Waals surface area contributed by atoms with Crippen molar-refractivity contribution < 1.29 is 5.11 Å². The van der Waals surface area contributed by atoms with Gasteiger partial charge in [-0.1, -0.05) is 41.4 Å². The monoisotopic (exact) mass is 370 g/mol. The van der Waals surface area contributed by atoms with Gasteiger partial charge in [0.05, 0.1) is 16.1 Å². The molecule has 0 aliphatic rings. The van der Waals surface area contributed by atoms with Crippen molar-refractivity contribution in [3.8, 4) is 5.88 Å². The van der Waals surface area contributed by atoms with E-state index in [1.165, 1.54) is 0 Å². The molecule has 0 saturated carbocycles.